The van der Waals surface area contributed by atoms with Gasteiger partial charge < -0.3 is 5.11 Å². The maximum absolute atomic E-state index is 9.51. The van der Waals surface area contributed by atoms with Crippen LogP contribution in [0.4, 0.5) is 0 Å². The molecule has 0 aromatic heterocycles. The average Bonchev–Trinajstić information content (AvgIpc) is 2.26. The molecule has 2 heteroatoms. The molecule has 1 N–H and O–H groups in total. The highest BCUT2D eigenvalue weighted by atomic mass is 28.3. The van der Waals surface area contributed by atoms with Crippen molar-refractivity contribution >= 4 is 13.3 Å². The average molecular weight is 234 g/mol. The molecule has 0 saturated carbocycles. The van der Waals surface area contributed by atoms with Crippen LogP contribution in [-0.4, -0.2) is 19.3 Å². The summed E-state index contributed by atoms with van der Waals surface area (Å²) >= 11 is 0. The van der Waals surface area contributed by atoms with Crippen LogP contribution in [0.5, 0.6) is 0 Å². The number of hydrogen-bond acceptors (Lipinski definition) is 1. The van der Waals surface area contributed by atoms with Gasteiger partial charge in [0.25, 0.3) is 0 Å². The van der Waals surface area contributed by atoms with Crippen LogP contribution in [0.2, 0.25) is 13.1 Å². The first-order valence-electron chi connectivity index (χ1n) is 5.93. The van der Waals surface area contributed by atoms with Gasteiger partial charge in [-0.1, -0.05) is 66.8 Å². The van der Waals surface area contributed by atoms with Gasteiger partial charge in [-0.15, -0.1) is 0 Å². The molecule has 1 unspecified atom stereocenters. The van der Waals surface area contributed by atoms with Gasteiger partial charge in [0, 0.05) is 0 Å². The minimum atomic E-state index is -1.57. The second-order valence-electron chi connectivity index (χ2n) is 4.78. The van der Waals surface area contributed by atoms with E-state index in [0.29, 0.717) is 0 Å². The lowest BCUT2D eigenvalue weighted by molar-refractivity contribution is 0.243. The summed E-state index contributed by atoms with van der Waals surface area (Å²) in [5, 5.41) is 12.4. The Balaban J connectivity index is 3.09. The fourth-order valence-corrected chi connectivity index (χ4v) is 5.04. The zero-order valence-corrected chi connectivity index (χ0v) is 11.7. The summed E-state index contributed by atoms with van der Waals surface area (Å²) in [6, 6.07) is 10.7. The van der Waals surface area contributed by atoms with Gasteiger partial charge in [-0.05, 0) is 13.3 Å². The molecular formula is C14H22OSi. The van der Waals surface area contributed by atoms with E-state index >= 15 is 0 Å². The molecule has 0 amide bonds. The fraction of sp³-hybridized carbons (Fsp3) is 0.429. The highest BCUT2D eigenvalue weighted by molar-refractivity contribution is 6.95. The Labute approximate surface area is 99.8 Å². The number of benzene rings is 1. The fourth-order valence-electron chi connectivity index (χ4n) is 2.10. The molecule has 0 aliphatic rings. The predicted molar refractivity (Wildman–Crippen MR) is 73.6 cm³/mol. The molecule has 0 saturated heterocycles. The van der Waals surface area contributed by atoms with Crippen molar-refractivity contribution in [3.63, 3.8) is 0 Å². The van der Waals surface area contributed by atoms with E-state index in [0.717, 1.165) is 6.42 Å². The van der Waals surface area contributed by atoms with Gasteiger partial charge >= 0.3 is 0 Å². The molecule has 1 nitrogen and oxygen atoms in total. The Morgan fingerprint density at radius 2 is 1.88 bits per heavy atom. The molecule has 0 radical (unpaired) electrons. The summed E-state index contributed by atoms with van der Waals surface area (Å²) in [5.74, 6) is 0. The lowest BCUT2D eigenvalue weighted by Gasteiger charge is -2.26. The van der Waals surface area contributed by atoms with Crippen molar-refractivity contribution in [2.75, 3.05) is 0 Å². The lowest BCUT2D eigenvalue weighted by Crippen LogP contribution is -2.44. The van der Waals surface area contributed by atoms with Gasteiger partial charge in [0.15, 0.2) is 0 Å². The second kappa shape index (κ2) is 5.46. The van der Waals surface area contributed by atoms with Crippen molar-refractivity contribution < 1.29 is 5.11 Å². The van der Waals surface area contributed by atoms with Crippen LogP contribution in [-0.2, 0) is 0 Å². The zero-order valence-electron chi connectivity index (χ0n) is 10.7. The Bertz CT molecular complexity index is 352. The third-order valence-electron chi connectivity index (χ3n) is 3.12. The first-order valence-corrected chi connectivity index (χ1v) is 8.93. The van der Waals surface area contributed by atoms with Gasteiger partial charge in [0.1, 0.15) is 8.07 Å². The molecule has 1 atom stereocenters. The van der Waals surface area contributed by atoms with Gasteiger partial charge in [-0.2, -0.15) is 0 Å². The largest absolute Gasteiger partial charge is 0.389 e. The molecule has 1 aromatic rings. The Morgan fingerprint density at radius 3 is 2.31 bits per heavy atom. The van der Waals surface area contributed by atoms with Crippen molar-refractivity contribution in [1.29, 1.82) is 0 Å². The van der Waals surface area contributed by atoms with Gasteiger partial charge in [0.2, 0.25) is 0 Å². The van der Waals surface area contributed by atoms with E-state index in [9.17, 15) is 5.11 Å². The van der Waals surface area contributed by atoms with Crippen molar-refractivity contribution in [2.24, 2.45) is 0 Å². The molecule has 0 spiro atoms. The number of rotatable bonds is 4. The Hall–Kier alpha value is -0.863. The minimum absolute atomic E-state index is 0.342. The lowest BCUT2D eigenvalue weighted by atomic mass is 10.3. The molecule has 0 fully saturated rings. The van der Waals surface area contributed by atoms with Crippen LogP contribution >= 0.6 is 0 Å². The van der Waals surface area contributed by atoms with Crippen LogP contribution in [0, 0.1) is 0 Å². The normalized spacial score (nSPS) is 14.9. The van der Waals surface area contributed by atoms with Gasteiger partial charge in [-0.3, -0.25) is 0 Å². The second-order valence-corrected chi connectivity index (χ2v) is 9.25. The van der Waals surface area contributed by atoms with Crippen molar-refractivity contribution in [3.8, 4) is 0 Å². The monoisotopic (exact) mass is 234 g/mol. The number of aliphatic hydroxyl groups excluding tert-OH is 1. The van der Waals surface area contributed by atoms with Crippen LogP contribution in [0.25, 0.3) is 0 Å². The highest BCUT2D eigenvalue weighted by Crippen LogP contribution is 2.19. The standard InChI is InChI=1S/C14H22OSi/c1-5-13(11-12(2)15)16(3,4)14-9-7-6-8-10-14/h6-12,15H,5H2,1-4H3/b13-11+. The van der Waals surface area contributed by atoms with Crippen molar-refractivity contribution in [1.82, 2.24) is 0 Å². The molecule has 0 heterocycles. The molecule has 16 heavy (non-hydrogen) atoms. The highest BCUT2D eigenvalue weighted by Gasteiger charge is 2.26. The molecule has 1 aromatic carbocycles. The number of aliphatic hydroxyl groups is 1. The van der Waals surface area contributed by atoms with E-state index in [-0.39, 0.29) is 6.10 Å². The Morgan fingerprint density at radius 1 is 1.31 bits per heavy atom. The molecule has 0 bridgehead atoms. The number of allylic oxidation sites excluding steroid dienone is 1. The van der Waals surface area contributed by atoms with Crippen molar-refractivity contribution in [2.45, 2.75) is 39.5 Å². The van der Waals surface area contributed by atoms with Crippen LogP contribution < -0.4 is 5.19 Å². The summed E-state index contributed by atoms with van der Waals surface area (Å²) in [6.07, 6.45) is 2.71. The summed E-state index contributed by atoms with van der Waals surface area (Å²) in [4.78, 5) is 0. The van der Waals surface area contributed by atoms with Crippen LogP contribution in [0.15, 0.2) is 41.6 Å². The molecule has 1 rings (SSSR count). The van der Waals surface area contributed by atoms with Crippen LogP contribution in [0.1, 0.15) is 20.3 Å². The third kappa shape index (κ3) is 3.06. The van der Waals surface area contributed by atoms with E-state index in [1.807, 2.05) is 13.0 Å². The van der Waals surface area contributed by atoms with E-state index in [4.69, 9.17) is 0 Å². The summed E-state index contributed by atoms with van der Waals surface area (Å²) in [5.41, 5.74) is 0. The van der Waals surface area contributed by atoms with E-state index in [1.165, 1.54) is 10.4 Å². The Kier molecular flexibility index (Phi) is 4.51. The predicted octanol–water partition coefficient (Wildman–Crippen LogP) is 2.86. The summed E-state index contributed by atoms with van der Waals surface area (Å²) in [7, 11) is -1.57. The van der Waals surface area contributed by atoms with E-state index < -0.39 is 8.07 Å². The SMILES string of the molecule is CC/C(=C\C(C)O)[Si](C)(C)c1ccccc1. The molecular weight excluding hydrogens is 212 g/mol. The number of hydrogen-bond donors (Lipinski definition) is 1. The maximum Gasteiger partial charge on any atom is 0.107 e. The summed E-state index contributed by atoms with van der Waals surface area (Å²) < 4.78 is 0. The molecule has 0 aliphatic heterocycles. The van der Waals surface area contributed by atoms with Gasteiger partial charge in [-0.25, -0.2) is 0 Å². The van der Waals surface area contributed by atoms with E-state index in [2.05, 4.69) is 50.3 Å². The first-order chi connectivity index (χ1) is 7.48. The first kappa shape index (κ1) is 13.2. The minimum Gasteiger partial charge on any atom is -0.389 e. The summed E-state index contributed by atoms with van der Waals surface area (Å²) in [6.45, 7) is 8.69. The topological polar surface area (TPSA) is 20.2 Å². The molecule has 88 valence electrons. The zero-order chi connectivity index (χ0) is 12.2. The smallest absolute Gasteiger partial charge is 0.107 e. The van der Waals surface area contributed by atoms with E-state index in [1.54, 1.807) is 0 Å². The van der Waals surface area contributed by atoms with Crippen molar-refractivity contribution in [3.05, 3.63) is 41.6 Å². The quantitative estimate of drug-likeness (QED) is 0.794. The maximum atomic E-state index is 9.51. The van der Waals surface area contributed by atoms with Crippen LogP contribution in [0.3, 0.4) is 0 Å². The molecule has 0 aliphatic carbocycles. The van der Waals surface area contributed by atoms with Gasteiger partial charge in [0.05, 0.1) is 6.10 Å². The third-order valence-corrected chi connectivity index (χ3v) is 7.02.